The van der Waals surface area contributed by atoms with Crippen molar-refractivity contribution >= 4 is 17.3 Å². The number of piperidine rings is 1. The molecule has 1 aromatic carbocycles. The Kier molecular flexibility index (Phi) is 6.39. The topological polar surface area (TPSA) is 59.0 Å². The first kappa shape index (κ1) is 19.7. The minimum atomic E-state index is -0.679. The van der Waals surface area contributed by atoms with E-state index in [1.165, 1.54) is 9.75 Å². The molecular formula is C21H27NO4S. The van der Waals surface area contributed by atoms with E-state index in [4.69, 9.17) is 9.47 Å². The number of likely N-dealkylation sites (tertiary alicyclic amines) is 1. The number of aliphatic carboxylic acids is 1. The number of benzene rings is 1. The van der Waals surface area contributed by atoms with Gasteiger partial charge in [0.25, 0.3) is 0 Å². The monoisotopic (exact) mass is 389 g/mol. The maximum Gasteiger partial charge on any atom is 0.306 e. The molecule has 0 amide bonds. The number of rotatable bonds is 7. The van der Waals surface area contributed by atoms with Gasteiger partial charge in [0, 0.05) is 9.75 Å². The fourth-order valence-electron chi connectivity index (χ4n) is 3.71. The van der Waals surface area contributed by atoms with Gasteiger partial charge < -0.3 is 14.6 Å². The van der Waals surface area contributed by atoms with Gasteiger partial charge in [-0.3, -0.25) is 9.69 Å². The van der Waals surface area contributed by atoms with Gasteiger partial charge in [-0.2, -0.15) is 0 Å². The number of thiophene rings is 1. The number of methoxy groups -OCH3 is 2. The Balaban J connectivity index is 1.94. The zero-order valence-electron chi connectivity index (χ0n) is 16.1. The summed E-state index contributed by atoms with van der Waals surface area (Å²) in [6.45, 7) is 3.71. The highest BCUT2D eigenvalue weighted by Crippen LogP contribution is 2.39. The van der Waals surface area contributed by atoms with Gasteiger partial charge in [-0.05, 0) is 62.2 Å². The van der Waals surface area contributed by atoms with Crippen molar-refractivity contribution in [2.45, 2.75) is 32.2 Å². The van der Waals surface area contributed by atoms with Crippen LogP contribution in [-0.4, -0.2) is 43.3 Å². The molecule has 2 aromatic rings. The Morgan fingerprint density at radius 2 is 1.89 bits per heavy atom. The first-order valence-corrected chi connectivity index (χ1v) is 10.2. The van der Waals surface area contributed by atoms with Crippen LogP contribution in [0.4, 0.5) is 0 Å². The first-order chi connectivity index (χ1) is 13.1. The Labute approximate surface area is 164 Å². The normalized spacial score (nSPS) is 16.9. The van der Waals surface area contributed by atoms with Crippen LogP contribution in [0.2, 0.25) is 0 Å². The lowest BCUT2D eigenvalue weighted by molar-refractivity contribution is -0.143. The number of carboxylic acid groups (broad SMARTS) is 1. The van der Waals surface area contributed by atoms with E-state index in [2.05, 4.69) is 30.0 Å². The highest BCUT2D eigenvalue weighted by atomic mass is 32.1. The molecule has 1 aromatic heterocycles. The third-order valence-electron chi connectivity index (χ3n) is 5.27. The van der Waals surface area contributed by atoms with Crippen LogP contribution in [0.25, 0.3) is 0 Å². The van der Waals surface area contributed by atoms with E-state index in [1.54, 1.807) is 14.2 Å². The molecule has 1 aliphatic heterocycles. The van der Waals surface area contributed by atoms with Crippen LogP contribution in [0.15, 0.2) is 30.3 Å². The second-order valence-corrected chi connectivity index (χ2v) is 8.02. The minimum Gasteiger partial charge on any atom is -0.493 e. The van der Waals surface area contributed by atoms with Gasteiger partial charge in [-0.1, -0.05) is 13.0 Å². The number of nitrogens with zero attached hydrogens (tertiary/aromatic N) is 1. The van der Waals surface area contributed by atoms with Crippen LogP contribution in [0.3, 0.4) is 0 Å². The highest BCUT2D eigenvalue weighted by molar-refractivity contribution is 7.12. The molecule has 1 saturated heterocycles. The number of hydrogen-bond acceptors (Lipinski definition) is 5. The molecule has 0 aliphatic carbocycles. The predicted octanol–water partition coefficient (Wildman–Crippen LogP) is 4.21. The largest absolute Gasteiger partial charge is 0.493 e. The Morgan fingerprint density at radius 1 is 1.19 bits per heavy atom. The van der Waals surface area contributed by atoms with E-state index in [9.17, 15) is 9.90 Å². The van der Waals surface area contributed by atoms with Gasteiger partial charge in [-0.25, -0.2) is 0 Å². The van der Waals surface area contributed by atoms with Crippen LogP contribution >= 0.6 is 11.3 Å². The van der Waals surface area contributed by atoms with Gasteiger partial charge >= 0.3 is 5.97 Å². The Bertz CT molecular complexity index is 780. The van der Waals surface area contributed by atoms with Crippen molar-refractivity contribution in [1.29, 1.82) is 0 Å². The van der Waals surface area contributed by atoms with Crippen molar-refractivity contribution in [3.8, 4) is 11.5 Å². The standard InChI is InChI=1S/C21H27NO4S/c1-4-16-6-8-19(27-16)20(22-11-9-14(10-12-22)21(23)24)15-5-7-17(25-2)18(13-15)26-3/h5-8,13-14,20H,4,9-12H2,1-3H3,(H,23,24). The van der Waals surface area contributed by atoms with Crippen LogP contribution in [0.5, 0.6) is 11.5 Å². The van der Waals surface area contributed by atoms with E-state index >= 15 is 0 Å². The summed E-state index contributed by atoms with van der Waals surface area (Å²) in [7, 11) is 3.29. The summed E-state index contributed by atoms with van der Waals surface area (Å²) in [6, 6.07) is 10.6. The summed E-state index contributed by atoms with van der Waals surface area (Å²) in [5, 5.41) is 9.31. The van der Waals surface area contributed by atoms with Crippen molar-refractivity contribution < 1.29 is 19.4 Å². The van der Waals surface area contributed by atoms with Gasteiger partial charge in [-0.15, -0.1) is 11.3 Å². The van der Waals surface area contributed by atoms with E-state index in [0.717, 1.165) is 25.1 Å². The number of aryl methyl sites for hydroxylation is 1. The van der Waals surface area contributed by atoms with E-state index in [1.807, 2.05) is 23.5 Å². The SMILES string of the molecule is CCc1ccc(C(c2ccc(OC)c(OC)c2)N2CCC(C(=O)O)CC2)s1. The first-order valence-electron chi connectivity index (χ1n) is 9.34. The molecular weight excluding hydrogens is 362 g/mol. The maximum absolute atomic E-state index is 11.3. The molecule has 1 aliphatic rings. The molecule has 0 radical (unpaired) electrons. The smallest absolute Gasteiger partial charge is 0.306 e. The fraction of sp³-hybridized carbons (Fsp3) is 0.476. The van der Waals surface area contributed by atoms with Crippen LogP contribution in [-0.2, 0) is 11.2 Å². The van der Waals surface area contributed by atoms with Crippen molar-refractivity contribution in [1.82, 2.24) is 4.90 Å². The van der Waals surface area contributed by atoms with Crippen molar-refractivity contribution in [3.63, 3.8) is 0 Å². The van der Waals surface area contributed by atoms with E-state index < -0.39 is 5.97 Å². The highest BCUT2D eigenvalue weighted by Gasteiger charge is 2.31. The summed E-state index contributed by atoms with van der Waals surface area (Å²) < 4.78 is 10.9. The molecule has 6 heteroatoms. The van der Waals surface area contributed by atoms with E-state index in [-0.39, 0.29) is 12.0 Å². The summed E-state index contributed by atoms with van der Waals surface area (Å²) in [5.41, 5.74) is 1.14. The third kappa shape index (κ3) is 4.28. The molecule has 5 nitrogen and oxygen atoms in total. The number of carbonyl (C=O) groups is 1. The molecule has 3 rings (SSSR count). The molecule has 0 saturated carbocycles. The molecule has 1 atom stereocenters. The van der Waals surface area contributed by atoms with Crippen LogP contribution < -0.4 is 9.47 Å². The van der Waals surface area contributed by atoms with Crippen molar-refractivity contribution in [2.75, 3.05) is 27.3 Å². The average Bonchev–Trinajstić information content (AvgIpc) is 3.17. The third-order valence-corrected chi connectivity index (χ3v) is 6.55. The second-order valence-electron chi connectivity index (χ2n) is 6.82. The fourth-order valence-corrected chi connectivity index (χ4v) is 4.83. The van der Waals surface area contributed by atoms with E-state index in [0.29, 0.717) is 24.3 Å². The van der Waals surface area contributed by atoms with Gasteiger partial charge in [0.05, 0.1) is 26.2 Å². The Morgan fingerprint density at radius 3 is 2.44 bits per heavy atom. The Hall–Kier alpha value is -2.05. The van der Waals surface area contributed by atoms with Crippen LogP contribution in [0.1, 0.15) is 41.1 Å². The molecule has 0 bridgehead atoms. The summed E-state index contributed by atoms with van der Waals surface area (Å²) >= 11 is 1.83. The molecule has 1 unspecified atom stereocenters. The van der Waals surface area contributed by atoms with Gasteiger partial charge in [0.1, 0.15) is 0 Å². The number of hydrogen-bond donors (Lipinski definition) is 1. The molecule has 27 heavy (non-hydrogen) atoms. The zero-order chi connectivity index (χ0) is 19.4. The summed E-state index contributed by atoms with van der Waals surface area (Å²) in [6.07, 6.45) is 2.39. The summed E-state index contributed by atoms with van der Waals surface area (Å²) in [5.74, 6) is 0.515. The lowest BCUT2D eigenvalue weighted by Gasteiger charge is -2.36. The van der Waals surface area contributed by atoms with Gasteiger partial charge in [0.15, 0.2) is 11.5 Å². The molecule has 146 valence electrons. The molecule has 1 N–H and O–H groups in total. The van der Waals surface area contributed by atoms with Crippen molar-refractivity contribution in [3.05, 3.63) is 45.6 Å². The zero-order valence-corrected chi connectivity index (χ0v) is 16.9. The van der Waals surface area contributed by atoms with Gasteiger partial charge in [0.2, 0.25) is 0 Å². The lowest BCUT2D eigenvalue weighted by atomic mass is 9.93. The lowest BCUT2D eigenvalue weighted by Crippen LogP contribution is -2.39. The average molecular weight is 390 g/mol. The van der Waals surface area contributed by atoms with Crippen LogP contribution in [0, 0.1) is 5.92 Å². The predicted molar refractivity (Wildman–Crippen MR) is 107 cm³/mol. The molecule has 0 spiro atoms. The quantitative estimate of drug-likeness (QED) is 0.769. The maximum atomic E-state index is 11.3. The number of carboxylic acids is 1. The minimum absolute atomic E-state index is 0.102. The van der Waals surface area contributed by atoms with Crippen molar-refractivity contribution in [2.24, 2.45) is 5.92 Å². The molecule has 2 heterocycles. The summed E-state index contributed by atoms with van der Waals surface area (Å²) in [4.78, 5) is 16.4. The number of ether oxygens (including phenoxy) is 2. The second kappa shape index (κ2) is 8.76. The molecule has 1 fully saturated rings.